The van der Waals surface area contributed by atoms with E-state index in [9.17, 15) is 18.8 Å². The largest absolute Gasteiger partial charge is 0.368 e. The second-order valence-corrected chi connectivity index (χ2v) is 20.9. The van der Waals surface area contributed by atoms with E-state index in [4.69, 9.17) is 16.7 Å². The van der Waals surface area contributed by atoms with Crippen LogP contribution >= 0.6 is 11.6 Å². The van der Waals surface area contributed by atoms with Gasteiger partial charge in [0.15, 0.2) is 11.6 Å². The maximum Gasteiger partial charge on any atom is 0.264 e. The molecule has 1 saturated carbocycles. The number of piperidine rings is 2. The van der Waals surface area contributed by atoms with Crippen LogP contribution in [0.1, 0.15) is 111 Å². The molecule has 4 fully saturated rings. The Morgan fingerprint density at radius 1 is 0.971 bits per heavy atom. The first kappa shape index (κ1) is 45.4. The lowest BCUT2D eigenvalue weighted by molar-refractivity contribution is -0.129. The topological polar surface area (TPSA) is 118 Å². The zero-order valence-corrected chi connectivity index (χ0v) is 40.5. The zero-order chi connectivity index (χ0) is 47.6. The molecule has 0 N–H and O–H groups in total. The normalized spacial score (nSPS) is 22.6. The summed E-state index contributed by atoms with van der Waals surface area (Å²) >= 11 is 6.40. The van der Waals surface area contributed by atoms with Gasteiger partial charge in [-0.2, -0.15) is 15.5 Å². The molecular formula is C53H59ClF2N12O. The number of hydrogen-bond donors (Lipinski definition) is 0. The van der Waals surface area contributed by atoms with Crippen molar-refractivity contribution >= 4 is 40.5 Å². The number of carbonyl (C=O) groups is 1. The van der Waals surface area contributed by atoms with E-state index in [1.807, 2.05) is 35.2 Å². The summed E-state index contributed by atoms with van der Waals surface area (Å²) < 4.78 is 33.4. The molecule has 358 valence electrons. The van der Waals surface area contributed by atoms with Crippen molar-refractivity contribution in [3.8, 4) is 29.0 Å². The van der Waals surface area contributed by atoms with Gasteiger partial charge in [0.25, 0.3) is 6.43 Å². The van der Waals surface area contributed by atoms with Gasteiger partial charge in [-0.05, 0) is 130 Å². The number of carbonyl (C=O) groups excluding carboxylic acids is 1. The number of benzene rings is 2. The highest BCUT2D eigenvalue weighted by atomic mass is 35.5. The van der Waals surface area contributed by atoms with Gasteiger partial charge in [0.2, 0.25) is 5.91 Å². The molecule has 2 aromatic carbocycles. The molecule has 16 heteroatoms. The van der Waals surface area contributed by atoms with Crippen molar-refractivity contribution in [3.05, 3.63) is 93.5 Å². The Morgan fingerprint density at radius 3 is 2.48 bits per heavy atom. The van der Waals surface area contributed by atoms with E-state index in [1.165, 1.54) is 5.69 Å². The highest BCUT2D eigenvalue weighted by Gasteiger charge is 2.45. The third-order valence-corrected chi connectivity index (χ3v) is 16.5. The predicted molar refractivity (Wildman–Crippen MR) is 263 cm³/mol. The summed E-state index contributed by atoms with van der Waals surface area (Å²) in [4.78, 5) is 24.1. The molecule has 5 aromatic rings. The highest BCUT2D eigenvalue weighted by molar-refractivity contribution is 6.32. The third kappa shape index (κ3) is 8.71. The van der Waals surface area contributed by atoms with E-state index in [0.717, 1.165) is 131 Å². The van der Waals surface area contributed by atoms with Crippen LogP contribution in [0.15, 0.2) is 54.9 Å². The predicted octanol–water partition coefficient (Wildman–Crippen LogP) is 8.88. The minimum Gasteiger partial charge on any atom is -0.368 e. The van der Waals surface area contributed by atoms with E-state index < -0.39 is 6.43 Å². The van der Waals surface area contributed by atoms with Crippen LogP contribution in [0.2, 0.25) is 5.02 Å². The monoisotopic (exact) mass is 952 g/mol. The Bertz CT molecular complexity index is 2860. The van der Waals surface area contributed by atoms with Crippen molar-refractivity contribution in [2.24, 2.45) is 18.4 Å². The van der Waals surface area contributed by atoms with Gasteiger partial charge in [-0.25, -0.2) is 8.78 Å². The van der Waals surface area contributed by atoms with Gasteiger partial charge in [-0.1, -0.05) is 17.5 Å². The molecule has 0 bridgehead atoms. The zero-order valence-electron chi connectivity index (χ0n) is 39.7. The molecule has 13 nitrogen and oxygen atoms in total. The number of nitrogens with zero attached hydrogens (tertiary/aromatic N) is 12. The lowest BCUT2D eigenvalue weighted by Gasteiger charge is -2.44. The number of aryl methyl sites for hydroxylation is 2. The lowest BCUT2D eigenvalue weighted by atomic mass is 9.77. The number of rotatable bonds is 7. The first-order valence-corrected chi connectivity index (χ1v) is 25.2. The quantitative estimate of drug-likeness (QED) is 0.147. The number of nitriles is 1. The molecule has 8 heterocycles. The summed E-state index contributed by atoms with van der Waals surface area (Å²) in [5, 5.41) is 28.6. The van der Waals surface area contributed by atoms with Gasteiger partial charge < -0.3 is 24.5 Å². The average molecular weight is 954 g/mol. The Labute approximate surface area is 408 Å². The molecular weight excluding hydrogens is 894 g/mol. The molecule has 6 aliphatic rings. The molecule has 1 amide bonds. The molecule has 1 atom stereocenters. The SMILES string of the molecule is CC(=O)N1CCc2c(c(N3CCCc4cc(-c5cnn(C)c5)c(C(F)F)cc43)nn2C2CCN(C3CC(C#Cc4ccc(N5CCC6(CC5)C[C@H](C)N(c5ccc(C#N)c(Cl)c5)C6)nn4)C3)CC2)C1. The fraction of sp³-hybridized carbons (Fsp3) is 0.509. The Hall–Kier alpha value is -6.03. The molecule has 11 rings (SSSR count). The summed E-state index contributed by atoms with van der Waals surface area (Å²) in [5.74, 6) is 8.90. The van der Waals surface area contributed by atoms with Crippen molar-refractivity contribution in [2.45, 2.75) is 109 Å². The van der Waals surface area contributed by atoms with E-state index in [2.05, 4.69) is 70.5 Å². The number of halogens is 3. The van der Waals surface area contributed by atoms with E-state index in [1.54, 1.807) is 37.1 Å². The second-order valence-electron chi connectivity index (χ2n) is 20.5. The number of fused-ring (bicyclic) bond motifs is 2. The van der Waals surface area contributed by atoms with E-state index in [0.29, 0.717) is 65.0 Å². The van der Waals surface area contributed by atoms with Gasteiger partial charge in [0.05, 0.1) is 29.4 Å². The summed E-state index contributed by atoms with van der Waals surface area (Å²) in [6.45, 7) is 10.5. The molecule has 3 aromatic heterocycles. The number of alkyl halides is 2. The van der Waals surface area contributed by atoms with Gasteiger partial charge in [0.1, 0.15) is 11.8 Å². The van der Waals surface area contributed by atoms with Crippen LogP contribution < -0.4 is 14.7 Å². The summed E-state index contributed by atoms with van der Waals surface area (Å²) in [7, 11) is 1.80. The number of likely N-dealkylation sites (tertiary alicyclic amines) is 1. The Kier molecular flexibility index (Phi) is 12.1. The summed E-state index contributed by atoms with van der Waals surface area (Å²) in [6, 6.07) is 16.8. The van der Waals surface area contributed by atoms with Crippen LogP contribution in [-0.4, -0.2) is 103 Å². The number of anilines is 4. The van der Waals surface area contributed by atoms with Crippen LogP contribution in [0, 0.1) is 34.5 Å². The van der Waals surface area contributed by atoms with Crippen molar-refractivity contribution in [3.63, 3.8) is 0 Å². The molecule has 3 saturated heterocycles. The fourth-order valence-corrected chi connectivity index (χ4v) is 12.5. The minimum absolute atomic E-state index is 0.00442. The van der Waals surface area contributed by atoms with Crippen molar-refractivity contribution in [2.75, 3.05) is 60.5 Å². The van der Waals surface area contributed by atoms with Crippen LogP contribution in [0.3, 0.4) is 0 Å². The van der Waals surface area contributed by atoms with Crippen molar-refractivity contribution in [1.29, 1.82) is 5.26 Å². The smallest absolute Gasteiger partial charge is 0.264 e. The fourth-order valence-electron chi connectivity index (χ4n) is 12.3. The van der Waals surface area contributed by atoms with Gasteiger partial charge in [-0.15, -0.1) is 10.2 Å². The summed E-state index contributed by atoms with van der Waals surface area (Å²) in [6.07, 6.45) is 10.5. The average Bonchev–Trinajstić information content (AvgIpc) is 4.05. The first-order chi connectivity index (χ1) is 33.4. The van der Waals surface area contributed by atoms with Crippen LogP contribution in [0.25, 0.3) is 11.1 Å². The molecule has 69 heavy (non-hydrogen) atoms. The third-order valence-electron chi connectivity index (χ3n) is 16.2. The molecule has 5 aliphatic heterocycles. The van der Waals surface area contributed by atoms with E-state index in [-0.39, 0.29) is 22.9 Å². The Morgan fingerprint density at radius 2 is 1.78 bits per heavy atom. The van der Waals surface area contributed by atoms with Crippen LogP contribution in [-0.2, 0) is 31.2 Å². The lowest BCUT2D eigenvalue weighted by Crippen LogP contribution is -2.48. The highest BCUT2D eigenvalue weighted by Crippen LogP contribution is 2.47. The van der Waals surface area contributed by atoms with Crippen LogP contribution in [0.4, 0.5) is 31.8 Å². The second kappa shape index (κ2) is 18.4. The molecule has 1 aliphatic carbocycles. The first-order valence-electron chi connectivity index (χ1n) is 24.8. The molecule has 0 unspecified atom stereocenters. The standard InChI is InChI=1S/C53H59ClF2N12O/c1-34-28-53(33-67(34)42-10-7-38(29-57)47(54)26-42)15-21-64(22-16-53)50-11-9-40(59-60-50)8-6-36-23-43(24-36)63-18-12-41(13-19-63)68-48-14-20-65(35(2)69)32-46(48)52(61-68)66-17-4-5-37-25-44(39-30-58-62(3)31-39)45(51(55)56)27-49(37)66/h7,9-11,25-27,30-31,34,36,41,43,51H,4-5,12-24,28,32-33H2,1-3H3/t34-,36?,43?/m0/s1. The number of aromatic nitrogens is 6. The Balaban J connectivity index is 0.703. The number of amides is 1. The molecule has 0 radical (unpaired) electrons. The van der Waals surface area contributed by atoms with Crippen molar-refractivity contribution in [1.82, 2.24) is 39.6 Å². The van der Waals surface area contributed by atoms with Crippen LogP contribution in [0.5, 0.6) is 0 Å². The summed E-state index contributed by atoms with van der Waals surface area (Å²) in [5.41, 5.74) is 7.79. The van der Waals surface area contributed by atoms with E-state index >= 15 is 0 Å². The van der Waals surface area contributed by atoms with Gasteiger partial charge in [-0.3, -0.25) is 14.2 Å². The minimum atomic E-state index is -2.65. The van der Waals surface area contributed by atoms with Crippen molar-refractivity contribution < 1.29 is 13.6 Å². The molecule has 1 spiro atoms. The maximum absolute atomic E-state index is 14.8. The number of hydrogen-bond acceptors (Lipinski definition) is 10. The maximum atomic E-state index is 14.8. The van der Waals surface area contributed by atoms with Gasteiger partial charge >= 0.3 is 0 Å². The van der Waals surface area contributed by atoms with Gasteiger partial charge in [0, 0.05) is 124 Å².